The molecule has 148 valence electrons. The van der Waals surface area contributed by atoms with Crippen molar-refractivity contribution in [2.75, 3.05) is 18.4 Å². The number of pyridine rings is 1. The summed E-state index contributed by atoms with van der Waals surface area (Å²) in [6, 6.07) is 10.3. The standard InChI is InChI=1S/C22H23N5OS/c28-21(19-5-3-13-29-19)27-11-8-15(9-12-27)20-17(18-4-1-2-10-23-18)14-24-22(26-20)25-16-6-7-16/h1-5,10,13-16H,6-9,11-12H2,(H,24,25,26). The molecular formula is C22H23N5OS. The van der Waals surface area contributed by atoms with E-state index < -0.39 is 0 Å². The summed E-state index contributed by atoms with van der Waals surface area (Å²) in [6.07, 6.45) is 7.87. The average molecular weight is 406 g/mol. The van der Waals surface area contributed by atoms with Crippen LogP contribution < -0.4 is 5.32 Å². The van der Waals surface area contributed by atoms with Gasteiger partial charge in [-0.05, 0) is 49.3 Å². The molecule has 29 heavy (non-hydrogen) atoms. The van der Waals surface area contributed by atoms with Crippen LogP contribution in [0.1, 0.15) is 47.0 Å². The quantitative estimate of drug-likeness (QED) is 0.689. The molecule has 2 aliphatic rings. The van der Waals surface area contributed by atoms with E-state index in [0.29, 0.717) is 17.9 Å². The van der Waals surface area contributed by atoms with Crippen LogP contribution in [0.5, 0.6) is 0 Å². The number of anilines is 1. The molecule has 1 amide bonds. The highest BCUT2D eigenvalue weighted by atomic mass is 32.1. The SMILES string of the molecule is O=C(c1cccs1)N1CCC(c2nc(NC3CC3)ncc2-c2ccccn2)CC1. The van der Waals surface area contributed by atoms with Gasteiger partial charge in [-0.2, -0.15) is 0 Å². The van der Waals surface area contributed by atoms with Crippen LogP contribution in [0.15, 0.2) is 48.1 Å². The van der Waals surface area contributed by atoms with Crippen LogP contribution in [0.2, 0.25) is 0 Å². The van der Waals surface area contributed by atoms with Gasteiger partial charge in [0.1, 0.15) is 0 Å². The van der Waals surface area contributed by atoms with Gasteiger partial charge in [0.25, 0.3) is 5.91 Å². The van der Waals surface area contributed by atoms with Crippen molar-refractivity contribution in [3.05, 3.63) is 58.7 Å². The third-order valence-corrected chi connectivity index (χ3v) is 6.43. The molecule has 0 atom stereocenters. The molecule has 0 aromatic carbocycles. The summed E-state index contributed by atoms with van der Waals surface area (Å²) in [5.41, 5.74) is 2.94. The molecule has 3 aromatic rings. The fraction of sp³-hybridized carbons (Fsp3) is 0.364. The van der Waals surface area contributed by atoms with Crippen LogP contribution in [0.25, 0.3) is 11.3 Å². The molecule has 1 saturated carbocycles. The van der Waals surface area contributed by atoms with Gasteiger partial charge in [-0.15, -0.1) is 11.3 Å². The van der Waals surface area contributed by atoms with E-state index in [1.165, 1.54) is 24.2 Å². The number of aromatic nitrogens is 3. The predicted octanol–water partition coefficient (Wildman–Crippen LogP) is 4.19. The Morgan fingerprint density at radius 2 is 1.93 bits per heavy atom. The number of likely N-dealkylation sites (tertiary alicyclic amines) is 1. The molecule has 5 rings (SSSR count). The maximum Gasteiger partial charge on any atom is 0.263 e. The second-order valence-corrected chi connectivity index (χ2v) is 8.62. The maximum atomic E-state index is 12.7. The number of amides is 1. The van der Waals surface area contributed by atoms with Gasteiger partial charge in [-0.1, -0.05) is 12.1 Å². The topological polar surface area (TPSA) is 71.0 Å². The molecule has 0 spiro atoms. The molecule has 0 unspecified atom stereocenters. The Bertz CT molecular complexity index is 980. The molecule has 0 radical (unpaired) electrons. The van der Waals surface area contributed by atoms with E-state index in [1.807, 2.05) is 46.8 Å². The van der Waals surface area contributed by atoms with Gasteiger partial charge in [0.15, 0.2) is 0 Å². The van der Waals surface area contributed by atoms with Gasteiger partial charge in [-0.25, -0.2) is 9.97 Å². The lowest BCUT2D eigenvalue weighted by atomic mass is 9.90. The maximum absolute atomic E-state index is 12.7. The van der Waals surface area contributed by atoms with E-state index in [1.54, 1.807) is 6.20 Å². The third kappa shape index (κ3) is 4.00. The number of hydrogen-bond acceptors (Lipinski definition) is 6. The number of piperidine rings is 1. The van der Waals surface area contributed by atoms with E-state index >= 15 is 0 Å². The Labute approximate surface area is 174 Å². The normalized spacial score (nSPS) is 17.3. The molecule has 2 fully saturated rings. The lowest BCUT2D eigenvalue weighted by Crippen LogP contribution is -2.37. The minimum atomic E-state index is 0.141. The number of thiophene rings is 1. The summed E-state index contributed by atoms with van der Waals surface area (Å²) in [6.45, 7) is 1.50. The van der Waals surface area contributed by atoms with Crippen molar-refractivity contribution in [2.45, 2.75) is 37.6 Å². The molecule has 6 nitrogen and oxygen atoms in total. The van der Waals surface area contributed by atoms with Crippen LogP contribution in [0, 0.1) is 0 Å². The van der Waals surface area contributed by atoms with E-state index in [2.05, 4.69) is 15.3 Å². The van der Waals surface area contributed by atoms with Crippen molar-refractivity contribution >= 4 is 23.2 Å². The summed E-state index contributed by atoms with van der Waals surface area (Å²) in [4.78, 5) is 29.4. The number of carbonyl (C=O) groups is 1. The van der Waals surface area contributed by atoms with Crippen LogP contribution >= 0.6 is 11.3 Å². The van der Waals surface area contributed by atoms with Crippen molar-refractivity contribution in [3.8, 4) is 11.3 Å². The fourth-order valence-corrected chi connectivity index (χ4v) is 4.51. The zero-order valence-electron chi connectivity index (χ0n) is 16.1. The van der Waals surface area contributed by atoms with Crippen molar-refractivity contribution < 1.29 is 4.79 Å². The Balaban J connectivity index is 1.38. The molecule has 7 heteroatoms. The summed E-state index contributed by atoms with van der Waals surface area (Å²) in [7, 11) is 0. The summed E-state index contributed by atoms with van der Waals surface area (Å²) < 4.78 is 0. The first-order valence-electron chi connectivity index (χ1n) is 10.2. The fourth-order valence-electron chi connectivity index (χ4n) is 3.82. The smallest absolute Gasteiger partial charge is 0.263 e. The van der Waals surface area contributed by atoms with E-state index in [4.69, 9.17) is 4.98 Å². The first kappa shape index (κ1) is 18.2. The average Bonchev–Trinajstić information content (AvgIpc) is 3.42. The van der Waals surface area contributed by atoms with Gasteiger partial charge in [0.05, 0.1) is 16.3 Å². The largest absolute Gasteiger partial charge is 0.351 e. The zero-order chi connectivity index (χ0) is 19.6. The highest BCUT2D eigenvalue weighted by Gasteiger charge is 2.29. The van der Waals surface area contributed by atoms with Gasteiger partial charge in [-0.3, -0.25) is 9.78 Å². The highest BCUT2D eigenvalue weighted by molar-refractivity contribution is 7.12. The van der Waals surface area contributed by atoms with Crippen LogP contribution in [0.3, 0.4) is 0 Å². The van der Waals surface area contributed by atoms with Crippen molar-refractivity contribution in [1.82, 2.24) is 19.9 Å². The monoisotopic (exact) mass is 405 g/mol. The number of nitrogens with one attached hydrogen (secondary N) is 1. The third-order valence-electron chi connectivity index (χ3n) is 5.57. The Kier molecular flexibility index (Phi) is 4.97. The summed E-state index contributed by atoms with van der Waals surface area (Å²) in [5, 5.41) is 5.37. The van der Waals surface area contributed by atoms with Crippen LogP contribution in [-0.4, -0.2) is 44.9 Å². The molecule has 4 heterocycles. The number of carbonyl (C=O) groups excluding carboxylic acids is 1. The van der Waals surface area contributed by atoms with Crippen LogP contribution in [-0.2, 0) is 0 Å². The first-order chi connectivity index (χ1) is 14.3. The number of nitrogens with zero attached hydrogens (tertiary/aromatic N) is 4. The van der Waals surface area contributed by atoms with Gasteiger partial charge in [0.2, 0.25) is 5.95 Å². The molecule has 1 saturated heterocycles. The minimum absolute atomic E-state index is 0.141. The van der Waals surface area contributed by atoms with Crippen molar-refractivity contribution in [3.63, 3.8) is 0 Å². The molecule has 3 aromatic heterocycles. The molecule has 1 aliphatic carbocycles. The number of rotatable bonds is 5. The lowest BCUT2D eigenvalue weighted by molar-refractivity contribution is 0.0717. The second-order valence-electron chi connectivity index (χ2n) is 7.67. The van der Waals surface area contributed by atoms with Gasteiger partial charge in [0, 0.05) is 43.0 Å². The second kappa shape index (κ2) is 7.91. The summed E-state index contributed by atoms with van der Waals surface area (Å²) in [5.74, 6) is 1.14. The van der Waals surface area contributed by atoms with E-state index in [0.717, 1.165) is 47.8 Å². The van der Waals surface area contributed by atoms with Crippen molar-refractivity contribution in [2.24, 2.45) is 0 Å². The van der Waals surface area contributed by atoms with Crippen LogP contribution in [0.4, 0.5) is 5.95 Å². The molecule has 1 N–H and O–H groups in total. The minimum Gasteiger partial charge on any atom is -0.351 e. The summed E-state index contributed by atoms with van der Waals surface area (Å²) >= 11 is 1.51. The highest BCUT2D eigenvalue weighted by Crippen LogP contribution is 2.35. The molecule has 1 aliphatic heterocycles. The zero-order valence-corrected chi connectivity index (χ0v) is 16.9. The van der Waals surface area contributed by atoms with E-state index in [9.17, 15) is 4.79 Å². The number of hydrogen-bond donors (Lipinski definition) is 1. The van der Waals surface area contributed by atoms with Crippen molar-refractivity contribution in [1.29, 1.82) is 0 Å². The van der Waals surface area contributed by atoms with Gasteiger partial charge >= 0.3 is 0 Å². The Hall–Kier alpha value is -2.80. The first-order valence-corrected chi connectivity index (χ1v) is 11.0. The molecule has 0 bridgehead atoms. The van der Waals surface area contributed by atoms with E-state index in [-0.39, 0.29) is 5.91 Å². The lowest BCUT2D eigenvalue weighted by Gasteiger charge is -2.32. The van der Waals surface area contributed by atoms with Gasteiger partial charge < -0.3 is 10.2 Å². The predicted molar refractivity (Wildman–Crippen MR) is 114 cm³/mol. The molecular weight excluding hydrogens is 382 g/mol. The Morgan fingerprint density at radius 3 is 2.62 bits per heavy atom. The Morgan fingerprint density at radius 1 is 1.07 bits per heavy atom.